The lowest BCUT2D eigenvalue weighted by atomic mass is 10.2. The second-order valence-corrected chi connectivity index (χ2v) is 8.17. The van der Waals surface area contributed by atoms with Crippen LogP contribution in [0.5, 0.6) is 5.75 Å². The molecular formula is C18H17F3N2O4S. The van der Waals surface area contributed by atoms with Gasteiger partial charge in [0.25, 0.3) is 5.91 Å². The Morgan fingerprint density at radius 3 is 2.57 bits per heavy atom. The van der Waals surface area contributed by atoms with E-state index in [2.05, 4.69) is 5.32 Å². The van der Waals surface area contributed by atoms with Gasteiger partial charge in [-0.3, -0.25) is 9.10 Å². The molecule has 150 valence electrons. The van der Waals surface area contributed by atoms with Crippen LogP contribution in [0.4, 0.5) is 24.5 Å². The largest absolute Gasteiger partial charge is 0.478 e. The molecule has 0 unspecified atom stereocenters. The molecule has 2 aromatic rings. The van der Waals surface area contributed by atoms with Gasteiger partial charge in [0.05, 0.1) is 17.5 Å². The van der Waals surface area contributed by atoms with Gasteiger partial charge in [-0.05, 0) is 30.3 Å². The maximum absolute atomic E-state index is 12.8. The lowest BCUT2D eigenvalue weighted by molar-refractivity contribution is -0.137. The molecule has 1 amide bonds. The van der Waals surface area contributed by atoms with Gasteiger partial charge >= 0.3 is 6.18 Å². The second kappa shape index (κ2) is 7.34. The van der Waals surface area contributed by atoms with E-state index in [1.54, 1.807) is 18.2 Å². The van der Waals surface area contributed by atoms with Crippen LogP contribution in [0.25, 0.3) is 0 Å². The zero-order valence-electron chi connectivity index (χ0n) is 14.7. The molecule has 1 aliphatic rings. The first-order valence-electron chi connectivity index (χ1n) is 8.27. The Balaban J connectivity index is 1.83. The minimum absolute atomic E-state index is 0.00345. The third kappa shape index (κ3) is 4.38. The highest BCUT2D eigenvalue weighted by Crippen LogP contribution is 2.34. The minimum atomic E-state index is -4.53. The van der Waals surface area contributed by atoms with Gasteiger partial charge in [-0.2, -0.15) is 13.2 Å². The van der Waals surface area contributed by atoms with Crippen molar-refractivity contribution < 1.29 is 31.1 Å². The topological polar surface area (TPSA) is 75.7 Å². The van der Waals surface area contributed by atoms with Crippen LogP contribution < -0.4 is 14.4 Å². The van der Waals surface area contributed by atoms with Crippen molar-refractivity contribution in [2.45, 2.75) is 18.7 Å². The molecule has 1 heterocycles. The Morgan fingerprint density at radius 1 is 1.18 bits per heavy atom. The third-order valence-corrected chi connectivity index (χ3v) is 5.33. The first kappa shape index (κ1) is 20.0. The highest BCUT2D eigenvalue weighted by molar-refractivity contribution is 7.92. The number of fused-ring (bicyclic) bond motifs is 1. The highest BCUT2D eigenvalue weighted by Gasteiger charge is 2.32. The zero-order valence-corrected chi connectivity index (χ0v) is 15.5. The fourth-order valence-electron chi connectivity index (χ4n) is 2.86. The first-order valence-corrected chi connectivity index (χ1v) is 10.1. The van der Waals surface area contributed by atoms with Gasteiger partial charge in [-0.15, -0.1) is 0 Å². The molecule has 0 aromatic heterocycles. The maximum Gasteiger partial charge on any atom is 0.416 e. The van der Waals surface area contributed by atoms with Crippen LogP contribution >= 0.6 is 0 Å². The van der Waals surface area contributed by atoms with E-state index in [1.165, 1.54) is 18.2 Å². The van der Waals surface area contributed by atoms with Crippen molar-refractivity contribution >= 4 is 27.3 Å². The Kier molecular flexibility index (Phi) is 5.24. The molecule has 10 heteroatoms. The first-order chi connectivity index (χ1) is 13.1. The number of rotatable bonds is 3. The molecule has 0 saturated carbocycles. The molecule has 3 rings (SSSR count). The van der Waals surface area contributed by atoms with Crippen molar-refractivity contribution in [3.63, 3.8) is 0 Å². The van der Waals surface area contributed by atoms with Crippen molar-refractivity contribution in [2.75, 3.05) is 22.4 Å². The number of benzene rings is 2. The number of ether oxygens (including phenoxy) is 1. The molecule has 0 saturated heterocycles. The summed E-state index contributed by atoms with van der Waals surface area (Å²) in [5, 5.41) is 2.40. The summed E-state index contributed by atoms with van der Waals surface area (Å²) in [6.45, 7) is -0.00345. The summed E-state index contributed by atoms with van der Waals surface area (Å²) >= 11 is 0. The molecule has 28 heavy (non-hydrogen) atoms. The standard InChI is InChI=1S/C18H17F3N2O4S/c1-28(25,26)23-10-9-16(27-15-8-3-2-7-14(15)23)17(24)22-13-6-4-5-12(11-13)18(19,20)21/h2-8,11,16H,9-10H2,1H3,(H,22,24)/t16-/m1/s1. The lowest BCUT2D eigenvalue weighted by Gasteiger charge is -2.20. The minimum Gasteiger partial charge on any atom is -0.478 e. The van der Waals surface area contributed by atoms with E-state index in [0.29, 0.717) is 5.69 Å². The number of halogens is 3. The smallest absolute Gasteiger partial charge is 0.416 e. The normalized spacial score (nSPS) is 17.3. The fraction of sp³-hybridized carbons (Fsp3) is 0.278. The number of hydrogen-bond donors (Lipinski definition) is 1. The van der Waals surface area contributed by atoms with Gasteiger partial charge in [-0.25, -0.2) is 8.42 Å². The van der Waals surface area contributed by atoms with E-state index in [1.807, 2.05) is 0 Å². The van der Waals surface area contributed by atoms with Gasteiger partial charge in [-0.1, -0.05) is 18.2 Å². The Hall–Kier alpha value is -2.75. The van der Waals surface area contributed by atoms with E-state index in [9.17, 15) is 26.4 Å². The van der Waals surface area contributed by atoms with Crippen LogP contribution in [0, 0.1) is 0 Å². The second-order valence-electron chi connectivity index (χ2n) is 6.27. The monoisotopic (exact) mass is 414 g/mol. The summed E-state index contributed by atoms with van der Waals surface area (Å²) in [5.74, 6) is -0.459. The van der Waals surface area contributed by atoms with Gasteiger partial charge < -0.3 is 10.1 Å². The van der Waals surface area contributed by atoms with Crippen molar-refractivity contribution in [1.29, 1.82) is 0 Å². The quantitative estimate of drug-likeness (QED) is 0.837. The summed E-state index contributed by atoms with van der Waals surface area (Å²) in [6, 6.07) is 10.6. The lowest BCUT2D eigenvalue weighted by Crippen LogP contribution is -2.36. The average Bonchev–Trinajstić information content (AvgIpc) is 2.80. The molecule has 0 fully saturated rings. The van der Waals surface area contributed by atoms with Crippen LogP contribution in [0.2, 0.25) is 0 Å². The van der Waals surface area contributed by atoms with Crippen LogP contribution in [-0.2, 0) is 21.0 Å². The van der Waals surface area contributed by atoms with Crippen LogP contribution in [0.3, 0.4) is 0 Å². The third-order valence-electron chi connectivity index (χ3n) is 4.15. The predicted octanol–water partition coefficient (Wildman–Crippen LogP) is 3.26. The van der Waals surface area contributed by atoms with Gasteiger partial charge in [0.2, 0.25) is 10.0 Å². The van der Waals surface area contributed by atoms with E-state index in [-0.39, 0.29) is 24.4 Å². The van der Waals surface area contributed by atoms with Crippen LogP contribution in [-0.4, -0.2) is 33.2 Å². The summed E-state index contributed by atoms with van der Waals surface area (Å²) < 4.78 is 69.4. The number of para-hydroxylation sites is 2. The summed E-state index contributed by atoms with van der Waals surface area (Å²) in [4.78, 5) is 12.6. The fourth-order valence-corrected chi connectivity index (χ4v) is 3.80. The molecule has 0 aliphatic carbocycles. The molecule has 0 radical (unpaired) electrons. The zero-order chi connectivity index (χ0) is 20.5. The highest BCUT2D eigenvalue weighted by atomic mass is 32.2. The van der Waals surface area contributed by atoms with Gasteiger partial charge in [0.1, 0.15) is 5.75 Å². The van der Waals surface area contributed by atoms with Crippen molar-refractivity contribution in [2.24, 2.45) is 0 Å². The molecular weight excluding hydrogens is 397 g/mol. The number of carbonyl (C=O) groups excluding carboxylic acids is 1. The van der Waals surface area contributed by atoms with Crippen LogP contribution in [0.1, 0.15) is 12.0 Å². The van der Waals surface area contributed by atoms with Crippen molar-refractivity contribution in [3.05, 3.63) is 54.1 Å². The number of carbonyl (C=O) groups is 1. The number of sulfonamides is 1. The van der Waals surface area contributed by atoms with E-state index >= 15 is 0 Å². The summed E-state index contributed by atoms with van der Waals surface area (Å²) in [7, 11) is -3.60. The van der Waals surface area contributed by atoms with E-state index in [0.717, 1.165) is 22.7 Å². The number of nitrogens with zero attached hydrogens (tertiary/aromatic N) is 1. The van der Waals surface area contributed by atoms with E-state index in [4.69, 9.17) is 4.74 Å². The molecule has 1 N–H and O–H groups in total. The molecule has 0 spiro atoms. The van der Waals surface area contributed by atoms with Gasteiger partial charge in [0.15, 0.2) is 6.10 Å². The average molecular weight is 414 g/mol. The van der Waals surface area contributed by atoms with Crippen LogP contribution in [0.15, 0.2) is 48.5 Å². The summed E-state index contributed by atoms with van der Waals surface area (Å²) in [5.41, 5.74) is -0.610. The molecule has 1 atom stereocenters. The molecule has 6 nitrogen and oxygen atoms in total. The molecule has 1 aliphatic heterocycles. The number of anilines is 2. The number of alkyl halides is 3. The predicted molar refractivity (Wildman–Crippen MR) is 97.7 cm³/mol. The SMILES string of the molecule is CS(=O)(=O)N1CC[C@H](C(=O)Nc2cccc(C(F)(F)F)c2)Oc2ccccc21. The molecule has 0 bridgehead atoms. The Labute approximate surface area is 160 Å². The Bertz CT molecular complexity index is 992. The maximum atomic E-state index is 12.8. The number of nitrogens with one attached hydrogen (secondary N) is 1. The van der Waals surface area contributed by atoms with Crippen molar-refractivity contribution in [1.82, 2.24) is 0 Å². The van der Waals surface area contributed by atoms with E-state index < -0.39 is 33.8 Å². The number of hydrogen-bond acceptors (Lipinski definition) is 4. The summed E-state index contributed by atoms with van der Waals surface area (Å²) in [6.07, 6.45) is -4.52. The number of amides is 1. The molecule has 2 aromatic carbocycles. The van der Waals surface area contributed by atoms with Gasteiger partial charge in [0, 0.05) is 18.7 Å². The Morgan fingerprint density at radius 2 is 1.89 bits per heavy atom. The van der Waals surface area contributed by atoms with Crippen molar-refractivity contribution in [3.8, 4) is 5.75 Å².